The Morgan fingerprint density at radius 3 is 2.57 bits per heavy atom. The summed E-state index contributed by atoms with van der Waals surface area (Å²) in [5.41, 5.74) is 0.597. The number of ether oxygens (including phenoxy) is 1. The van der Waals surface area contributed by atoms with E-state index in [1.54, 1.807) is 12.1 Å². The third kappa shape index (κ3) is 2.87. The Labute approximate surface area is 84.9 Å². The Bertz CT molecular complexity index is 276. The van der Waals surface area contributed by atoms with Crippen LogP contribution in [0.5, 0.6) is 0 Å². The van der Waals surface area contributed by atoms with E-state index in [1.165, 1.54) is 0 Å². The number of carbonyl (C=O) groups is 1. The molecule has 0 aromatic heterocycles. The molecule has 1 aromatic rings. The predicted molar refractivity (Wildman–Crippen MR) is 55.9 cm³/mol. The lowest BCUT2D eigenvalue weighted by atomic mass is 10.2. The SMILES string of the molecule is [CH2]CC(CC)OC(=O)c1ccccc1. The highest BCUT2D eigenvalue weighted by molar-refractivity contribution is 5.89. The van der Waals surface area contributed by atoms with Crippen LogP contribution in [0.1, 0.15) is 30.1 Å². The molecule has 2 heteroatoms. The third-order valence-electron chi connectivity index (χ3n) is 2.06. The average molecular weight is 191 g/mol. The van der Waals surface area contributed by atoms with Crippen LogP contribution in [0, 0.1) is 6.92 Å². The highest BCUT2D eigenvalue weighted by atomic mass is 16.5. The van der Waals surface area contributed by atoms with Crippen LogP contribution < -0.4 is 0 Å². The fraction of sp³-hybridized carbons (Fsp3) is 0.333. The zero-order valence-electron chi connectivity index (χ0n) is 8.40. The van der Waals surface area contributed by atoms with Gasteiger partial charge in [0, 0.05) is 0 Å². The number of rotatable bonds is 4. The third-order valence-corrected chi connectivity index (χ3v) is 2.06. The Morgan fingerprint density at radius 2 is 2.07 bits per heavy atom. The zero-order valence-corrected chi connectivity index (χ0v) is 8.40. The second-order valence-corrected chi connectivity index (χ2v) is 3.09. The fourth-order valence-corrected chi connectivity index (χ4v) is 1.14. The highest BCUT2D eigenvalue weighted by Crippen LogP contribution is 2.08. The molecule has 0 saturated carbocycles. The van der Waals surface area contributed by atoms with Crippen LogP contribution in [-0.4, -0.2) is 12.1 Å². The van der Waals surface area contributed by atoms with Gasteiger partial charge in [-0.2, -0.15) is 0 Å². The maximum atomic E-state index is 11.5. The van der Waals surface area contributed by atoms with E-state index in [2.05, 4.69) is 6.92 Å². The summed E-state index contributed by atoms with van der Waals surface area (Å²) in [6.45, 7) is 5.71. The Kier molecular flexibility index (Phi) is 4.17. The summed E-state index contributed by atoms with van der Waals surface area (Å²) in [6.07, 6.45) is 1.36. The molecular formula is C12H15O2. The molecule has 0 spiro atoms. The number of hydrogen-bond acceptors (Lipinski definition) is 2. The topological polar surface area (TPSA) is 26.3 Å². The van der Waals surface area contributed by atoms with Crippen molar-refractivity contribution in [1.82, 2.24) is 0 Å². The second-order valence-electron chi connectivity index (χ2n) is 3.09. The van der Waals surface area contributed by atoms with E-state index >= 15 is 0 Å². The van der Waals surface area contributed by atoms with E-state index < -0.39 is 0 Å². The van der Waals surface area contributed by atoms with Gasteiger partial charge in [-0.05, 0) is 31.9 Å². The quantitative estimate of drug-likeness (QED) is 0.684. The molecule has 0 aliphatic heterocycles. The molecule has 0 N–H and O–H groups in total. The van der Waals surface area contributed by atoms with E-state index in [1.807, 2.05) is 25.1 Å². The van der Waals surface area contributed by atoms with Crippen molar-refractivity contribution in [3.8, 4) is 0 Å². The van der Waals surface area contributed by atoms with Crippen molar-refractivity contribution in [3.63, 3.8) is 0 Å². The van der Waals surface area contributed by atoms with Gasteiger partial charge in [-0.1, -0.05) is 25.1 Å². The van der Waals surface area contributed by atoms with Crippen LogP contribution in [0.15, 0.2) is 30.3 Å². The van der Waals surface area contributed by atoms with Gasteiger partial charge in [0.1, 0.15) is 6.10 Å². The Morgan fingerprint density at radius 1 is 1.43 bits per heavy atom. The maximum Gasteiger partial charge on any atom is 0.338 e. The molecule has 1 unspecified atom stereocenters. The molecule has 0 aliphatic carbocycles. The molecule has 14 heavy (non-hydrogen) atoms. The van der Waals surface area contributed by atoms with Gasteiger partial charge in [-0.25, -0.2) is 4.79 Å². The summed E-state index contributed by atoms with van der Waals surface area (Å²) < 4.78 is 5.23. The normalized spacial score (nSPS) is 10.2. The summed E-state index contributed by atoms with van der Waals surface area (Å²) in [5, 5.41) is 0. The molecule has 0 aliphatic rings. The number of carbonyl (C=O) groups excluding carboxylic acids is 1. The number of esters is 1. The Balaban J connectivity index is 2.59. The van der Waals surface area contributed by atoms with Gasteiger partial charge in [0.15, 0.2) is 0 Å². The monoisotopic (exact) mass is 191 g/mol. The van der Waals surface area contributed by atoms with Gasteiger partial charge in [0.2, 0.25) is 0 Å². The molecule has 0 heterocycles. The van der Waals surface area contributed by atoms with Gasteiger partial charge in [0.25, 0.3) is 0 Å². The molecule has 1 aromatic carbocycles. The van der Waals surface area contributed by atoms with Crippen molar-refractivity contribution in [2.24, 2.45) is 0 Å². The highest BCUT2D eigenvalue weighted by Gasteiger charge is 2.11. The van der Waals surface area contributed by atoms with Gasteiger partial charge in [-0.3, -0.25) is 0 Å². The lowest BCUT2D eigenvalue weighted by Gasteiger charge is -2.13. The summed E-state index contributed by atoms with van der Waals surface area (Å²) >= 11 is 0. The molecule has 1 radical (unpaired) electrons. The summed E-state index contributed by atoms with van der Waals surface area (Å²) in [7, 11) is 0. The van der Waals surface area contributed by atoms with Crippen LogP contribution in [0.2, 0.25) is 0 Å². The molecule has 2 nitrogen and oxygen atoms in total. The maximum absolute atomic E-state index is 11.5. The standard InChI is InChI=1S/C12H15O2/c1-3-11(4-2)14-12(13)10-8-6-5-7-9-10/h5-9,11H,1,3-4H2,2H3. The lowest BCUT2D eigenvalue weighted by Crippen LogP contribution is -2.16. The lowest BCUT2D eigenvalue weighted by molar-refractivity contribution is 0.0298. The van der Waals surface area contributed by atoms with Gasteiger partial charge in [0.05, 0.1) is 5.56 Å². The molecular weight excluding hydrogens is 176 g/mol. The van der Waals surface area contributed by atoms with Crippen LogP contribution in [-0.2, 0) is 4.74 Å². The Hall–Kier alpha value is -1.31. The van der Waals surface area contributed by atoms with E-state index in [-0.39, 0.29) is 12.1 Å². The van der Waals surface area contributed by atoms with E-state index in [9.17, 15) is 4.79 Å². The predicted octanol–water partition coefficient (Wildman–Crippen LogP) is 2.85. The van der Waals surface area contributed by atoms with Crippen LogP contribution in [0.25, 0.3) is 0 Å². The first-order valence-electron chi connectivity index (χ1n) is 4.83. The van der Waals surface area contributed by atoms with Crippen molar-refractivity contribution in [3.05, 3.63) is 42.8 Å². The van der Waals surface area contributed by atoms with Crippen molar-refractivity contribution < 1.29 is 9.53 Å². The van der Waals surface area contributed by atoms with Crippen molar-refractivity contribution in [2.45, 2.75) is 25.9 Å². The molecule has 75 valence electrons. The summed E-state index contributed by atoms with van der Waals surface area (Å²) in [5.74, 6) is -0.263. The first kappa shape index (κ1) is 10.8. The zero-order chi connectivity index (χ0) is 10.4. The van der Waals surface area contributed by atoms with E-state index in [0.29, 0.717) is 12.0 Å². The smallest absolute Gasteiger partial charge is 0.338 e. The van der Waals surface area contributed by atoms with E-state index in [0.717, 1.165) is 6.42 Å². The van der Waals surface area contributed by atoms with Crippen LogP contribution >= 0.6 is 0 Å². The first-order valence-corrected chi connectivity index (χ1v) is 4.83. The van der Waals surface area contributed by atoms with E-state index in [4.69, 9.17) is 4.74 Å². The van der Waals surface area contributed by atoms with Crippen molar-refractivity contribution in [1.29, 1.82) is 0 Å². The molecule has 0 saturated heterocycles. The van der Waals surface area contributed by atoms with Crippen molar-refractivity contribution >= 4 is 5.97 Å². The average Bonchev–Trinajstić information content (AvgIpc) is 2.26. The van der Waals surface area contributed by atoms with Crippen LogP contribution in [0.3, 0.4) is 0 Å². The largest absolute Gasteiger partial charge is 0.459 e. The minimum absolute atomic E-state index is 0.0669. The van der Waals surface area contributed by atoms with Gasteiger partial charge < -0.3 is 4.74 Å². The second kappa shape index (κ2) is 5.43. The minimum atomic E-state index is -0.263. The molecule has 0 fully saturated rings. The molecule has 1 rings (SSSR count). The summed E-state index contributed by atoms with van der Waals surface area (Å²) in [6, 6.07) is 9.01. The molecule has 1 atom stereocenters. The molecule has 0 bridgehead atoms. The van der Waals surface area contributed by atoms with Gasteiger partial charge >= 0.3 is 5.97 Å². The number of benzene rings is 1. The molecule has 0 amide bonds. The minimum Gasteiger partial charge on any atom is -0.459 e. The fourth-order valence-electron chi connectivity index (χ4n) is 1.14. The summed E-state index contributed by atoms with van der Waals surface area (Å²) in [4.78, 5) is 11.5. The van der Waals surface area contributed by atoms with Gasteiger partial charge in [-0.15, -0.1) is 0 Å². The first-order chi connectivity index (χ1) is 6.77. The van der Waals surface area contributed by atoms with Crippen molar-refractivity contribution in [2.75, 3.05) is 0 Å². The number of hydrogen-bond donors (Lipinski definition) is 0. The van der Waals surface area contributed by atoms with Crippen LogP contribution in [0.4, 0.5) is 0 Å².